The minimum atomic E-state index is -1.73. The van der Waals surface area contributed by atoms with Gasteiger partial charge in [0.25, 0.3) is 0 Å². The maximum absolute atomic E-state index is 12.4. The highest BCUT2D eigenvalue weighted by Crippen LogP contribution is 2.36. The molecular weight excluding hydrogens is 406 g/mol. The number of aromatic nitrogens is 1. The molecule has 0 radical (unpaired) electrons. The van der Waals surface area contributed by atoms with Gasteiger partial charge in [-0.05, 0) is 30.3 Å². The van der Waals surface area contributed by atoms with E-state index in [-0.39, 0.29) is 5.04 Å². The number of rotatable bonds is 7. The van der Waals surface area contributed by atoms with Crippen molar-refractivity contribution in [2.75, 3.05) is 13.2 Å². The van der Waals surface area contributed by atoms with Crippen molar-refractivity contribution < 1.29 is 13.6 Å². The number of halogens is 1. The van der Waals surface area contributed by atoms with E-state index in [0.29, 0.717) is 35.3 Å². The van der Waals surface area contributed by atoms with Gasteiger partial charge < -0.3 is 18.0 Å². The number of ether oxygens (including phenoxy) is 1. The third kappa shape index (κ3) is 5.13. The van der Waals surface area contributed by atoms with Crippen molar-refractivity contribution in [3.8, 4) is 17.1 Å². The van der Waals surface area contributed by atoms with Crippen LogP contribution >= 0.6 is 11.6 Å². The molecule has 2 aromatic heterocycles. The summed E-state index contributed by atoms with van der Waals surface area (Å²) in [6.07, 6.45) is 4.34. The number of hydrogen-bond donors (Lipinski definition) is 0. The molecule has 156 valence electrons. The average molecular weight is 434 g/mol. The SMILES string of the molecule is CC(C)(C)[Si](C)(C)OCCCOc1cc2c(=O)oc(-c3cccc(Cl)c3)cn2c1. The molecule has 0 fully saturated rings. The molecule has 0 saturated carbocycles. The lowest BCUT2D eigenvalue weighted by Crippen LogP contribution is -2.41. The highest BCUT2D eigenvalue weighted by Gasteiger charge is 2.36. The largest absolute Gasteiger partial charge is 0.492 e. The lowest BCUT2D eigenvalue weighted by atomic mass is 10.2. The second-order valence-corrected chi connectivity index (χ2v) is 13.9. The van der Waals surface area contributed by atoms with Gasteiger partial charge in [0.15, 0.2) is 14.1 Å². The highest BCUT2D eigenvalue weighted by atomic mass is 35.5. The first-order valence-corrected chi connectivity index (χ1v) is 13.0. The van der Waals surface area contributed by atoms with Crippen LogP contribution in [0.1, 0.15) is 27.2 Å². The van der Waals surface area contributed by atoms with Gasteiger partial charge in [-0.25, -0.2) is 4.79 Å². The summed E-state index contributed by atoms with van der Waals surface area (Å²) in [5, 5.41) is 0.782. The summed E-state index contributed by atoms with van der Waals surface area (Å²) in [6.45, 7) is 12.4. The van der Waals surface area contributed by atoms with Gasteiger partial charge in [-0.1, -0.05) is 44.5 Å². The Morgan fingerprint density at radius 1 is 1.14 bits per heavy atom. The van der Waals surface area contributed by atoms with Gasteiger partial charge in [0.1, 0.15) is 11.3 Å². The third-order valence-corrected chi connectivity index (χ3v) is 10.2. The van der Waals surface area contributed by atoms with Crippen LogP contribution < -0.4 is 10.4 Å². The fraction of sp³-hybridized carbons (Fsp3) is 0.409. The number of nitrogens with zero attached hydrogens (tertiary/aromatic N) is 1. The molecule has 5 nitrogen and oxygen atoms in total. The van der Waals surface area contributed by atoms with Crippen LogP contribution in [0.15, 0.2) is 51.9 Å². The van der Waals surface area contributed by atoms with Crippen LogP contribution in [0.2, 0.25) is 23.2 Å². The quantitative estimate of drug-likeness (QED) is 0.338. The Morgan fingerprint density at radius 2 is 1.90 bits per heavy atom. The maximum Gasteiger partial charge on any atom is 0.360 e. The van der Waals surface area contributed by atoms with Crippen LogP contribution in [0, 0.1) is 0 Å². The lowest BCUT2D eigenvalue weighted by Gasteiger charge is -2.36. The summed E-state index contributed by atoms with van der Waals surface area (Å²) >= 11 is 6.04. The molecule has 2 heterocycles. The molecule has 0 aliphatic carbocycles. The zero-order valence-electron chi connectivity index (χ0n) is 17.6. The Balaban J connectivity index is 1.65. The van der Waals surface area contributed by atoms with Crippen molar-refractivity contribution >= 4 is 25.4 Å². The van der Waals surface area contributed by atoms with Crippen LogP contribution in [0.3, 0.4) is 0 Å². The molecule has 1 aromatic carbocycles. The second kappa shape index (κ2) is 8.38. The first-order chi connectivity index (χ1) is 13.6. The van der Waals surface area contributed by atoms with Gasteiger partial charge in [0.2, 0.25) is 0 Å². The predicted molar refractivity (Wildman–Crippen MR) is 120 cm³/mol. The van der Waals surface area contributed by atoms with E-state index in [1.165, 1.54) is 0 Å². The van der Waals surface area contributed by atoms with E-state index in [1.807, 2.05) is 12.1 Å². The van der Waals surface area contributed by atoms with Crippen LogP contribution in [-0.2, 0) is 4.43 Å². The van der Waals surface area contributed by atoms with Gasteiger partial charge in [0.05, 0.1) is 19.0 Å². The molecule has 0 aliphatic rings. The Kier molecular flexibility index (Phi) is 6.26. The first kappa shape index (κ1) is 21.7. The Bertz CT molecular complexity index is 1050. The molecular formula is C22H28ClNO4Si. The Morgan fingerprint density at radius 3 is 2.59 bits per heavy atom. The van der Waals surface area contributed by atoms with E-state index in [0.717, 1.165) is 12.0 Å². The number of benzene rings is 1. The second-order valence-electron chi connectivity index (χ2n) is 8.67. The van der Waals surface area contributed by atoms with Gasteiger partial charge in [-0.2, -0.15) is 0 Å². The number of fused-ring (bicyclic) bond motifs is 1. The molecule has 29 heavy (non-hydrogen) atoms. The molecule has 0 unspecified atom stereocenters. The Hall–Kier alpha value is -2.02. The Labute approximate surface area is 177 Å². The van der Waals surface area contributed by atoms with Crippen LogP contribution in [-0.4, -0.2) is 25.9 Å². The summed E-state index contributed by atoms with van der Waals surface area (Å²) < 4.78 is 19.2. The topological polar surface area (TPSA) is 53.1 Å². The molecule has 0 amide bonds. The van der Waals surface area contributed by atoms with Gasteiger partial charge >= 0.3 is 5.63 Å². The first-order valence-electron chi connectivity index (χ1n) is 9.75. The van der Waals surface area contributed by atoms with Crippen molar-refractivity contribution in [2.24, 2.45) is 0 Å². The van der Waals surface area contributed by atoms with Gasteiger partial charge in [-0.3, -0.25) is 0 Å². The molecule has 0 atom stereocenters. The average Bonchev–Trinajstić information content (AvgIpc) is 3.04. The van der Waals surface area contributed by atoms with Crippen molar-refractivity contribution in [1.82, 2.24) is 4.40 Å². The van der Waals surface area contributed by atoms with E-state index in [4.69, 9.17) is 25.2 Å². The molecule has 0 bridgehead atoms. The zero-order valence-corrected chi connectivity index (χ0v) is 19.4. The predicted octanol–water partition coefficient (Wildman–Crippen LogP) is 6.00. The maximum atomic E-state index is 12.4. The zero-order chi connectivity index (χ0) is 21.2. The van der Waals surface area contributed by atoms with Crippen molar-refractivity contribution in [1.29, 1.82) is 0 Å². The van der Waals surface area contributed by atoms with Crippen molar-refractivity contribution in [3.63, 3.8) is 0 Å². The van der Waals surface area contributed by atoms with Crippen LogP contribution in [0.5, 0.6) is 5.75 Å². The third-order valence-electron chi connectivity index (χ3n) is 5.43. The van der Waals surface area contributed by atoms with Crippen LogP contribution in [0.4, 0.5) is 0 Å². The molecule has 3 rings (SSSR count). The number of hydrogen-bond acceptors (Lipinski definition) is 4. The minimum Gasteiger partial charge on any atom is -0.492 e. The summed E-state index contributed by atoms with van der Waals surface area (Å²) in [5.74, 6) is 1.09. The van der Waals surface area contributed by atoms with E-state index < -0.39 is 13.9 Å². The van der Waals surface area contributed by atoms with E-state index in [9.17, 15) is 4.79 Å². The standard InChI is InChI=1S/C22H28ClNO4Si/c1-22(2,3)29(4,5)27-11-7-10-26-18-13-19-21(25)28-20(15-24(19)14-18)16-8-6-9-17(23)12-16/h6,8-9,12-15H,7,10-11H2,1-5H3. The minimum absolute atomic E-state index is 0.197. The van der Waals surface area contributed by atoms with E-state index in [1.54, 1.807) is 35.0 Å². The smallest absolute Gasteiger partial charge is 0.360 e. The van der Waals surface area contributed by atoms with E-state index >= 15 is 0 Å². The summed E-state index contributed by atoms with van der Waals surface area (Å²) in [5.41, 5.74) is 0.761. The fourth-order valence-electron chi connectivity index (χ4n) is 2.68. The molecule has 3 aromatic rings. The lowest BCUT2D eigenvalue weighted by molar-refractivity contribution is 0.234. The molecule has 0 N–H and O–H groups in total. The van der Waals surface area contributed by atoms with Gasteiger partial charge in [-0.15, -0.1) is 0 Å². The normalized spacial score (nSPS) is 12.5. The fourth-order valence-corrected chi connectivity index (χ4v) is 3.95. The molecule has 7 heteroatoms. The summed E-state index contributed by atoms with van der Waals surface area (Å²) in [7, 11) is -1.73. The summed E-state index contributed by atoms with van der Waals surface area (Å²) in [6, 6.07) is 8.90. The molecule has 0 saturated heterocycles. The monoisotopic (exact) mass is 433 g/mol. The van der Waals surface area contributed by atoms with Crippen LogP contribution in [0.25, 0.3) is 16.8 Å². The van der Waals surface area contributed by atoms with E-state index in [2.05, 4.69) is 33.9 Å². The molecule has 0 aliphatic heterocycles. The van der Waals surface area contributed by atoms with Gasteiger partial charge in [0, 0.05) is 29.7 Å². The van der Waals surface area contributed by atoms with Crippen molar-refractivity contribution in [3.05, 3.63) is 58.2 Å². The summed E-state index contributed by atoms with van der Waals surface area (Å²) in [4.78, 5) is 12.4. The molecule has 0 spiro atoms. The highest BCUT2D eigenvalue weighted by molar-refractivity contribution is 6.74. The van der Waals surface area contributed by atoms with Crippen molar-refractivity contribution in [2.45, 2.75) is 45.3 Å².